The summed E-state index contributed by atoms with van der Waals surface area (Å²) in [6, 6.07) is 4.90. The van der Waals surface area contributed by atoms with Crippen molar-refractivity contribution in [2.45, 2.75) is 32.1 Å². The Morgan fingerprint density at radius 1 is 1.50 bits per heavy atom. The molecule has 1 heterocycles. The third kappa shape index (κ3) is 2.07. The highest BCUT2D eigenvalue weighted by atomic mass is 16.5. The number of ether oxygens (including phenoxy) is 1. The van der Waals surface area contributed by atoms with Crippen LogP contribution in [-0.4, -0.2) is 30.2 Å². The fourth-order valence-corrected chi connectivity index (χ4v) is 2.02. The molecule has 0 spiro atoms. The maximum Gasteiger partial charge on any atom is 0.267 e. The molecule has 0 saturated heterocycles. The first-order chi connectivity index (χ1) is 8.41. The zero-order valence-electron chi connectivity index (χ0n) is 10.8. The van der Waals surface area contributed by atoms with Gasteiger partial charge in [-0.15, -0.1) is 0 Å². The highest BCUT2D eigenvalue weighted by Crippen LogP contribution is 2.35. The number of rotatable bonds is 2. The molecule has 1 aromatic carbocycles. The van der Waals surface area contributed by atoms with Crippen LogP contribution < -0.4 is 15.4 Å². The number of nitrogens with zero attached hydrogens (tertiary/aromatic N) is 1. The van der Waals surface area contributed by atoms with E-state index < -0.39 is 12.2 Å². The van der Waals surface area contributed by atoms with E-state index in [-0.39, 0.29) is 11.9 Å². The number of hydrogen-bond acceptors (Lipinski definition) is 4. The lowest BCUT2D eigenvalue weighted by Crippen LogP contribution is -2.42. The molecule has 0 aliphatic carbocycles. The fourth-order valence-electron chi connectivity index (χ4n) is 2.02. The molecule has 1 aliphatic rings. The van der Waals surface area contributed by atoms with Gasteiger partial charge in [0.15, 0.2) is 6.10 Å². The molecule has 1 aliphatic heterocycles. The molecule has 0 radical (unpaired) electrons. The average Bonchev–Trinajstić information content (AvgIpc) is 2.35. The van der Waals surface area contributed by atoms with Crippen LogP contribution in [0.2, 0.25) is 0 Å². The van der Waals surface area contributed by atoms with Crippen molar-refractivity contribution in [3.8, 4) is 5.75 Å². The van der Waals surface area contributed by atoms with Gasteiger partial charge >= 0.3 is 0 Å². The van der Waals surface area contributed by atoms with Crippen molar-refractivity contribution < 1.29 is 14.6 Å². The average molecular weight is 250 g/mol. The number of amides is 1. The number of aliphatic hydroxyl groups excluding tert-OH is 1. The zero-order valence-corrected chi connectivity index (χ0v) is 10.8. The third-order valence-corrected chi connectivity index (χ3v) is 3.17. The summed E-state index contributed by atoms with van der Waals surface area (Å²) in [5.41, 5.74) is 7.01. The molecule has 2 rings (SSSR count). The monoisotopic (exact) mass is 250 g/mol. The summed E-state index contributed by atoms with van der Waals surface area (Å²) in [5, 5.41) is 9.93. The fraction of sp³-hybridized carbons (Fsp3) is 0.462. The second kappa shape index (κ2) is 4.59. The van der Waals surface area contributed by atoms with E-state index in [0.29, 0.717) is 17.0 Å². The van der Waals surface area contributed by atoms with Crippen LogP contribution in [0.5, 0.6) is 5.75 Å². The lowest BCUT2D eigenvalue weighted by atomic mass is 10.0. The van der Waals surface area contributed by atoms with Crippen molar-refractivity contribution in [1.82, 2.24) is 0 Å². The van der Waals surface area contributed by atoms with Crippen LogP contribution in [-0.2, 0) is 4.79 Å². The zero-order chi connectivity index (χ0) is 13.4. The maximum atomic E-state index is 11.8. The molecule has 5 nitrogen and oxygen atoms in total. The molecular weight excluding hydrogens is 232 g/mol. The van der Waals surface area contributed by atoms with Crippen LogP contribution >= 0.6 is 0 Å². The lowest BCUT2D eigenvalue weighted by molar-refractivity contribution is -0.125. The minimum Gasteiger partial charge on any atom is -0.479 e. The van der Waals surface area contributed by atoms with Crippen LogP contribution in [0.3, 0.4) is 0 Å². The quantitative estimate of drug-likeness (QED) is 0.814. The second-order valence-corrected chi connectivity index (χ2v) is 4.69. The summed E-state index contributed by atoms with van der Waals surface area (Å²) in [4.78, 5) is 13.4. The van der Waals surface area contributed by atoms with Crippen LogP contribution in [0, 0.1) is 0 Å². The van der Waals surface area contributed by atoms with Crippen molar-refractivity contribution in [3.63, 3.8) is 0 Å². The van der Waals surface area contributed by atoms with E-state index in [1.54, 1.807) is 44.0 Å². The second-order valence-electron chi connectivity index (χ2n) is 4.69. The Morgan fingerprint density at radius 2 is 2.17 bits per heavy atom. The van der Waals surface area contributed by atoms with Crippen molar-refractivity contribution in [2.24, 2.45) is 5.73 Å². The topological polar surface area (TPSA) is 75.8 Å². The third-order valence-electron chi connectivity index (χ3n) is 3.17. The SMILES string of the molecule is CC1Oc2ccc(C(O)C(C)N)cc2N(C)C1=O. The number of carbonyl (C=O) groups is 1. The molecule has 3 unspecified atom stereocenters. The molecule has 1 amide bonds. The van der Waals surface area contributed by atoms with Gasteiger partial charge in [0.2, 0.25) is 0 Å². The van der Waals surface area contributed by atoms with Crippen LogP contribution in [0.25, 0.3) is 0 Å². The lowest BCUT2D eigenvalue weighted by Gasteiger charge is -2.31. The predicted molar refractivity (Wildman–Crippen MR) is 68.6 cm³/mol. The first kappa shape index (κ1) is 12.9. The molecule has 1 aromatic rings. The minimum atomic E-state index is -0.752. The highest BCUT2D eigenvalue weighted by molar-refractivity contribution is 5.99. The van der Waals surface area contributed by atoms with Gasteiger partial charge in [0.05, 0.1) is 11.8 Å². The van der Waals surface area contributed by atoms with Gasteiger partial charge in [-0.25, -0.2) is 0 Å². The molecule has 18 heavy (non-hydrogen) atoms. The number of fused-ring (bicyclic) bond motifs is 1. The molecule has 5 heteroatoms. The Bertz CT molecular complexity index is 473. The highest BCUT2D eigenvalue weighted by Gasteiger charge is 2.29. The Labute approximate surface area is 106 Å². The smallest absolute Gasteiger partial charge is 0.267 e. The first-order valence-corrected chi connectivity index (χ1v) is 5.93. The van der Waals surface area contributed by atoms with Gasteiger partial charge in [0, 0.05) is 13.1 Å². The Hall–Kier alpha value is -1.59. The largest absolute Gasteiger partial charge is 0.479 e. The van der Waals surface area contributed by atoms with Crippen LogP contribution in [0.1, 0.15) is 25.5 Å². The number of anilines is 1. The molecule has 3 N–H and O–H groups in total. The van der Waals surface area contributed by atoms with Crippen LogP contribution in [0.15, 0.2) is 18.2 Å². The summed E-state index contributed by atoms with van der Waals surface area (Å²) in [5.74, 6) is 0.542. The predicted octanol–water partition coefficient (Wildman–Crippen LogP) is 0.811. The standard InChI is InChI=1S/C13H18N2O3/c1-7(14)12(16)9-4-5-11-10(6-9)15(3)13(17)8(2)18-11/h4-8,12,16H,14H2,1-3H3. The van der Waals surface area contributed by atoms with E-state index in [9.17, 15) is 9.90 Å². The number of aliphatic hydroxyl groups is 1. The summed E-state index contributed by atoms with van der Waals surface area (Å²) in [7, 11) is 1.70. The van der Waals surface area contributed by atoms with E-state index in [4.69, 9.17) is 10.5 Å². The van der Waals surface area contributed by atoms with Gasteiger partial charge in [0.25, 0.3) is 5.91 Å². The summed E-state index contributed by atoms with van der Waals surface area (Å²) in [6.45, 7) is 3.45. The van der Waals surface area contributed by atoms with Crippen molar-refractivity contribution >= 4 is 11.6 Å². The van der Waals surface area contributed by atoms with Crippen molar-refractivity contribution in [2.75, 3.05) is 11.9 Å². The number of benzene rings is 1. The van der Waals surface area contributed by atoms with E-state index in [2.05, 4.69) is 0 Å². The number of carbonyl (C=O) groups excluding carboxylic acids is 1. The van der Waals surface area contributed by atoms with Crippen LogP contribution in [0.4, 0.5) is 5.69 Å². The van der Waals surface area contributed by atoms with Gasteiger partial charge in [-0.2, -0.15) is 0 Å². The Morgan fingerprint density at radius 3 is 2.78 bits per heavy atom. The molecule has 0 fully saturated rings. The maximum absolute atomic E-state index is 11.8. The molecule has 98 valence electrons. The van der Waals surface area contributed by atoms with E-state index in [1.807, 2.05) is 0 Å². The summed E-state index contributed by atoms with van der Waals surface area (Å²) in [6.07, 6.45) is -1.23. The number of likely N-dealkylation sites (N-methyl/N-ethyl adjacent to an activating group) is 1. The van der Waals surface area contributed by atoms with Crippen molar-refractivity contribution in [1.29, 1.82) is 0 Å². The number of hydrogen-bond donors (Lipinski definition) is 2. The number of nitrogens with two attached hydrogens (primary N) is 1. The first-order valence-electron chi connectivity index (χ1n) is 5.93. The van der Waals surface area contributed by atoms with Gasteiger partial charge < -0.3 is 20.5 Å². The molecule has 0 bridgehead atoms. The molecule has 0 aromatic heterocycles. The molecule has 3 atom stereocenters. The molecule has 0 saturated carbocycles. The van der Waals surface area contributed by atoms with E-state index in [0.717, 1.165) is 0 Å². The molecular formula is C13H18N2O3. The van der Waals surface area contributed by atoms with Gasteiger partial charge in [0.1, 0.15) is 5.75 Å². The normalized spacial score (nSPS) is 22.2. The minimum absolute atomic E-state index is 0.102. The van der Waals surface area contributed by atoms with Crippen molar-refractivity contribution in [3.05, 3.63) is 23.8 Å². The summed E-state index contributed by atoms with van der Waals surface area (Å²) >= 11 is 0. The Kier molecular flexibility index (Phi) is 3.28. The van der Waals surface area contributed by atoms with E-state index in [1.165, 1.54) is 0 Å². The summed E-state index contributed by atoms with van der Waals surface area (Å²) < 4.78 is 5.51. The van der Waals surface area contributed by atoms with Gasteiger partial charge in [-0.05, 0) is 31.5 Å². The van der Waals surface area contributed by atoms with E-state index >= 15 is 0 Å². The van der Waals surface area contributed by atoms with Gasteiger partial charge in [-0.1, -0.05) is 6.07 Å². The van der Waals surface area contributed by atoms with Gasteiger partial charge in [-0.3, -0.25) is 4.79 Å². The Balaban J connectivity index is 2.40.